The zero-order valence-corrected chi connectivity index (χ0v) is 14.7. The number of carbonyl (C=O) groups is 1. The lowest BCUT2D eigenvalue weighted by molar-refractivity contribution is -0.0667. The third kappa shape index (κ3) is 3.14. The van der Waals surface area contributed by atoms with E-state index in [4.69, 9.17) is 9.72 Å². The number of aliphatic hydroxyl groups excluding tert-OH is 1. The molecular formula is C20H24N2O3. The van der Waals surface area contributed by atoms with Crippen LogP contribution in [-0.2, 0) is 4.74 Å². The Morgan fingerprint density at radius 2 is 2.16 bits per heavy atom. The van der Waals surface area contributed by atoms with E-state index >= 15 is 0 Å². The van der Waals surface area contributed by atoms with Gasteiger partial charge in [-0.1, -0.05) is 11.6 Å². The van der Waals surface area contributed by atoms with Crippen LogP contribution in [0.15, 0.2) is 24.3 Å². The molecule has 25 heavy (non-hydrogen) atoms. The molecule has 1 saturated carbocycles. The van der Waals surface area contributed by atoms with Crippen LogP contribution in [0, 0.1) is 6.92 Å². The van der Waals surface area contributed by atoms with Gasteiger partial charge in [0.2, 0.25) is 0 Å². The molecule has 5 nitrogen and oxygen atoms in total. The van der Waals surface area contributed by atoms with Crippen LogP contribution in [0.1, 0.15) is 47.3 Å². The normalized spacial score (nSPS) is 23.9. The molecule has 132 valence electrons. The molecule has 5 heteroatoms. The van der Waals surface area contributed by atoms with Gasteiger partial charge in [0.15, 0.2) is 0 Å². The molecule has 1 aromatic carbocycles. The zero-order valence-electron chi connectivity index (χ0n) is 14.7. The Morgan fingerprint density at radius 3 is 2.88 bits per heavy atom. The average Bonchev–Trinajstić information content (AvgIpc) is 3.46. The van der Waals surface area contributed by atoms with E-state index in [1.807, 2.05) is 43.0 Å². The SMILES string of the molecule is Cc1ccc2nc(C3CC3)cc(C(=O)N3CC(CO)OCC3C)c2c1. The largest absolute Gasteiger partial charge is 0.394 e. The average molecular weight is 340 g/mol. The van der Waals surface area contributed by atoms with Gasteiger partial charge in [-0.05, 0) is 44.9 Å². The van der Waals surface area contributed by atoms with E-state index in [-0.39, 0.29) is 24.7 Å². The number of ether oxygens (including phenoxy) is 1. The maximum absolute atomic E-state index is 13.4. The third-order valence-electron chi connectivity index (χ3n) is 5.18. The number of hydrogen-bond donors (Lipinski definition) is 1. The summed E-state index contributed by atoms with van der Waals surface area (Å²) in [5.41, 5.74) is 3.75. The van der Waals surface area contributed by atoms with Gasteiger partial charge in [-0.25, -0.2) is 0 Å². The monoisotopic (exact) mass is 340 g/mol. The smallest absolute Gasteiger partial charge is 0.255 e. The molecule has 2 atom stereocenters. The second-order valence-electron chi connectivity index (χ2n) is 7.33. The molecule has 0 spiro atoms. The van der Waals surface area contributed by atoms with E-state index in [0.29, 0.717) is 19.1 Å². The van der Waals surface area contributed by atoms with E-state index in [1.54, 1.807) is 0 Å². The van der Waals surface area contributed by atoms with Crippen LogP contribution in [0.3, 0.4) is 0 Å². The quantitative estimate of drug-likeness (QED) is 0.933. The predicted octanol–water partition coefficient (Wildman–Crippen LogP) is 2.64. The Hall–Kier alpha value is -1.98. The van der Waals surface area contributed by atoms with Crippen LogP contribution in [0.4, 0.5) is 0 Å². The number of amides is 1. The van der Waals surface area contributed by atoms with Crippen molar-refractivity contribution in [2.45, 2.75) is 44.8 Å². The molecule has 1 aliphatic carbocycles. The molecule has 2 unspecified atom stereocenters. The molecule has 1 aliphatic heterocycles. The van der Waals surface area contributed by atoms with Crippen molar-refractivity contribution in [3.05, 3.63) is 41.1 Å². The van der Waals surface area contributed by atoms with Gasteiger partial charge in [0.25, 0.3) is 5.91 Å². The third-order valence-corrected chi connectivity index (χ3v) is 5.18. The van der Waals surface area contributed by atoms with Crippen molar-refractivity contribution in [1.82, 2.24) is 9.88 Å². The molecule has 2 fully saturated rings. The lowest BCUT2D eigenvalue weighted by atomic mass is 10.0. The van der Waals surface area contributed by atoms with Crippen LogP contribution in [0.5, 0.6) is 0 Å². The molecule has 2 heterocycles. The van der Waals surface area contributed by atoms with E-state index in [9.17, 15) is 9.90 Å². The molecule has 4 rings (SSSR count). The number of carbonyl (C=O) groups excluding carboxylic acids is 1. The minimum Gasteiger partial charge on any atom is -0.394 e. The Morgan fingerprint density at radius 1 is 1.36 bits per heavy atom. The first-order valence-corrected chi connectivity index (χ1v) is 9.01. The molecule has 1 saturated heterocycles. The summed E-state index contributed by atoms with van der Waals surface area (Å²) in [6, 6.07) is 8.07. The summed E-state index contributed by atoms with van der Waals surface area (Å²) in [6.07, 6.45) is 2.00. The number of morpholine rings is 1. The molecule has 1 N–H and O–H groups in total. The summed E-state index contributed by atoms with van der Waals surface area (Å²) in [5, 5.41) is 10.3. The minimum absolute atomic E-state index is 0.00676. The molecular weight excluding hydrogens is 316 g/mol. The van der Waals surface area contributed by atoms with Crippen molar-refractivity contribution in [2.75, 3.05) is 19.8 Å². The number of pyridine rings is 1. The van der Waals surface area contributed by atoms with Crippen molar-refractivity contribution in [1.29, 1.82) is 0 Å². The van der Waals surface area contributed by atoms with Gasteiger partial charge in [0.1, 0.15) is 0 Å². The molecule has 0 bridgehead atoms. The molecule has 2 aromatic rings. The van der Waals surface area contributed by atoms with Crippen LogP contribution >= 0.6 is 0 Å². The van der Waals surface area contributed by atoms with Gasteiger partial charge in [0, 0.05) is 23.5 Å². The van der Waals surface area contributed by atoms with Crippen LogP contribution in [0.25, 0.3) is 10.9 Å². The van der Waals surface area contributed by atoms with Crippen molar-refractivity contribution < 1.29 is 14.6 Å². The zero-order chi connectivity index (χ0) is 17.6. The number of fused-ring (bicyclic) bond motifs is 1. The molecule has 2 aliphatic rings. The molecule has 0 radical (unpaired) electrons. The van der Waals surface area contributed by atoms with Crippen molar-refractivity contribution >= 4 is 16.8 Å². The highest BCUT2D eigenvalue weighted by Crippen LogP contribution is 2.40. The number of aromatic nitrogens is 1. The van der Waals surface area contributed by atoms with Crippen molar-refractivity contribution in [3.8, 4) is 0 Å². The lowest BCUT2D eigenvalue weighted by Gasteiger charge is -2.37. The van der Waals surface area contributed by atoms with Gasteiger partial charge in [-0.15, -0.1) is 0 Å². The van der Waals surface area contributed by atoms with Gasteiger partial charge in [-0.3, -0.25) is 9.78 Å². The highest BCUT2D eigenvalue weighted by molar-refractivity contribution is 6.06. The highest BCUT2D eigenvalue weighted by Gasteiger charge is 2.32. The van der Waals surface area contributed by atoms with Gasteiger partial charge in [-0.2, -0.15) is 0 Å². The fourth-order valence-electron chi connectivity index (χ4n) is 3.49. The van der Waals surface area contributed by atoms with Crippen molar-refractivity contribution in [2.24, 2.45) is 0 Å². The Labute approximate surface area is 147 Å². The first kappa shape index (κ1) is 16.5. The summed E-state index contributed by atoms with van der Waals surface area (Å²) >= 11 is 0. The van der Waals surface area contributed by atoms with Crippen LogP contribution < -0.4 is 0 Å². The van der Waals surface area contributed by atoms with Gasteiger partial charge < -0.3 is 14.7 Å². The van der Waals surface area contributed by atoms with Gasteiger partial charge >= 0.3 is 0 Å². The summed E-state index contributed by atoms with van der Waals surface area (Å²) in [7, 11) is 0. The molecule has 1 amide bonds. The topological polar surface area (TPSA) is 62.7 Å². The summed E-state index contributed by atoms with van der Waals surface area (Å²) < 4.78 is 5.58. The minimum atomic E-state index is -0.308. The number of nitrogens with zero attached hydrogens (tertiary/aromatic N) is 2. The number of aryl methyl sites for hydroxylation is 1. The standard InChI is InChI=1S/C20H24N2O3/c1-12-3-6-18-16(7-12)17(8-19(21-18)14-4-5-14)20(24)22-9-15(10-23)25-11-13(22)2/h3,6-8,13-15,23H,4-5,9-11H2,1-2H3. The van der Waals surface area contributed by atoms with Crippen LogP contribution in [0.2, 0.25) is 0 Å². The Bertz CT molecular complexity index is 816. The van der Waals surface area contributed by atoms with E-state index in [1.165, 1.54) is 0 Å². The second-order valence-corrected chi connectivity index (χ2v) is 7.33. The number of benzene rings is 1. The maximum atomic E-state index is 13.4. The first-order valence-electron chi connectivity index (χ1n) is 9.01. The molecule has 1 aromatic heterocycles. The van der Waals surface area contributed by atoms with Crippen LogP contribution in [-0.4, -0.2) is 52.8 Å². The summed E-state index contributed by atoms with van der Waals surface area (Å²) in [6.45, 7) is 4.82. The van der Waals surface area contributed by atoms with E-state index in [0.717, 1.165) is 40.6 Å². The number of rotatable bonds is 3. The first-order chi connectivity index (χ1) is 12.1. The highest BCUT2D eigenvalue weighted by atomic mass is 16.5. The number of hydrogen-bond acceptors (Lipinski definition) is 4. The number of aliphatic hydroxyl groups is 1. The van der Waals surface area contributed by atoms with Crippen molar-refractivity contribution in [3.63, 3.8) is 0 Å². The Kier molecular flexibility index (Phi) is 4.21. The van der Waals surface area contributed by atoms with E-state index in [2.05, 4.69) is 0 Å². The predicted molar refractivity (Wildman–Crippen MR) is 95.8 cm³/mol. The fourth-order valence-corrected chi connectivity index (χ4v) is 3.49. The lowest BCUT2D eigenvalue weighted by Crippen LogP contribution is -2.52. The summed E-state index contributed by atoms with van der Waals surface area (Å²) in [4.78, 5) is 20.0. The van der Waals surface area contributed by atoms with E-state index < -0.39 is 0 Å². The second kappa shape index (κ2) is 6.39. The van der Waals surface area contributed by atoms with Gasteiger partial charge in [0.05, 0.1) is 36.4 Å². The Balaban J connectivity index is 1.78. The maximum Gasteiger partial charge on any atom is 0.255 e. The summed E-state index contributed by atoms with van der Waals surface area (Å²) in [5.74, 6) is 0.499. The fraction of sp³-hybridized carbons (Fsp3) is 0.500.